The Hall–Kier alpha value is -1.14. The zero-order valence-corrected chi connectivity index (χ0v) is 10.8. The topological polar surface area (TPSA) is 59.8 Å². The van der Waals surface area contributed by atoms with E-state index in [1.807, 2.05) is 18.2 Å². The first-order valence-corrected chi connectivity index (χ1v) is 6.26. The van der Waals surface area contributed by atoms with Crippen molar-refractivity contribution < 1.29 is 9.47 Å². The second-order valence-corrected chi connectivity index (χ2v) is 4.29. The molecule has 1 unspecified atom stereocenters. The summed E-state index contributed by atoms with van der Waals surface area (Å²) in [6.07, 6.45) is 0. The molecule has 100 valence electrons. The molecule has 0 radical (unpaired) electrons. The largest absolute Gasteiger partial charge is 0.497 e. The highest BCUT2D eigenvalue weighted by Crippen LogP contribution is 2.19. The molecule has 1 fully saturated rings. The van der Waals surface area contributed by atoms with Crippen LogP contribution in [0.25, 0.3) is 0 Å². The van der Waals surface area contributed by atoms with Crippen molar-refractivity contribution in [3.63, 3.8) is 0 Å². The molecule has 1 aliphatic heterocycles. The highest BCUT2D eigenvalue weighted by Gasteiger charge is 2.16. The summed E-state index contributed by atoms with van der Waals surface area (Å²) >= 11 is 0. The number of hydrogen-bond donors (Lipinski definition) is 2. The van der Waals surface area contributed by atoms with Gasteiger partial charge in [-0.2, -0.15) is 0 Å². The van der Waals surface area contributed by atoms with E-state index >= 15 is 0 Å². The molecule has 1 heterocycles. The van der Waals surface area contributed by atoms with Crippen LogP contribution in [0.15, 0.2) is 24.3 Å². The monoisotopic (exact) mass is 251 g/mol. The lowest BCUT2D eigenvalue weighted by molar-refractivity contribution is 0.00403. The molecule has 5 heteroatoms. The van der Waals surface area contributed by atoms with Crippen molar-refractivity contribution >= 4 is 0 Å². The van der Waals surface area contributed by atoms with E-state index in [9.17, 15) is 0 Å². The molecule has 0 aliphatic carbocycles. The van der Waals surface area contributed by atoms with Crippen molar-refractivity contribution in [2.24, 2.45) is 5.73 Å². The molecule has 1 atom stereocenters. The summed E-state index contributed by atoms with van der Waals surface area (Å²) in [5.41, 5.74) is 10.4. The Morgan fingerprint density at radius 2 is 2.22 bits per heavy atom. The fourth-order valence-corrected chi connectivity index (χ4v) is 2.03. The predicted molar refractivity (Wildman–Crippen MR) is 70.3 cm³/mol. The van der Waals surface area contributed by atoms with Crippen molar-refractivity contribution in [2.45, 2.75) is 6.04 Å². The molecule has 18 heavy (non-hydrogen) atoms. The minimum absolute atomic E-state index is 0.109. The zero-order chi connectivity index (χ0) is 12.8. The van der Waals surface area contributed by atoms with E-state index in [1.54, 1.807) is 7.11 Å². The Balaban J connectivity index is 2.02. The van der Waals surface area contributed by atoms with Gasteiger partial charge in [-0.1, -0.05) is 12.1 Å². The van der Waals surface area contributed by atoms with Gasteiger partial charge in [0.05, 0.1) is 26.4 Å². The van der Waals surface area contributed by atoms with Crippen LogP contribution in [0.3, 0.4) is 0 Å². The van der Waals surface area contributed by atoms with Crippen molar-refractivity contribution in [1.29, 1.82) is 0 Å². The first kappa shape index (κ1) is 13.3. The SMILES string of the molecule is COc1cccc(C(CN)NN2CCOCC2)c1. The smallest absolute Gasteiger partial charge is 0.119 e. The van der Waals surface area contributed by atoms with Crippen molar-refractivity contribution in [1.82, 2.24) is 10.4 Å². The van der Waals surface area contributed by atoms with Gasteiger partial charge in [-0.05, 0) is 17.7 Å². The molecular formula is C13H21N3O2. The fourth-order valence-electron chi connectivity index (χ4n) is 2.03. The molecule has 0 saturated carbocycles. The molecule has 0 amide bonds. The maximum absolute atomic E-state index is 5.85. The number of nitrogens with zero attached hydrogens (tertiary/aromatic N) is 1. The summed E-state index contributed by atoms with van der Waals surface area (Å²) < 4.78 is 10.6. The lowest BCUT2D eigenvalue weighted by Crippen LogP contribution is -2.48. The van der Waals surface area contributed by atoms with E-state index in [-0.39, 0.29) is 6.04 Å². The molecule has 1 saturated heterocycles. The summed E-state index contributed by atoms with van der Waals surface area (Å²) in [5.74, 6) is 0.856. The lowest BCUT2D eigenvalue weighted by Gasteiger charge is -2.31. The van der Waals surface area contributed by atoms with Crippen LogP contribution in [0.4, 0.5) is 0 Å². The number of nitrogens with two attached hydrogens (primary N) is 1. The molecule has 0 aromatic heterocycles. The molecule has 1 aromatic rings. The Labute approximate surface area is 108 Å². The van der Waals surface area contributed by atoms with E-state index in [0.717, 1.165) is 37.6 Å². The summed E-state index contributed by atoms with van der Waals surface area (Å²) in [4.78, 5) is 0. The number of ether oxygens (including phenoxy) is 2. The normalized spacial score (nSPS) is 18.6. The number of hydrazine groups is 1. The number of hydrogen-bond acceptors (Lipinski definition) is 5. The van der Waals surface area contributed by atoms with Gasteiger partial charge < -0.3 is 15.2 Å². The molecule has 1 aliphatic rings. The Bertz CT molecular complexity index is 367. The van der Waals surface area contributed by atoms with Crippen LogP contribution in [0.1, 0.15) is 11.6 Å². The molecule has 1 aromatic carbocycles. The van der Waals surface area contributed by atoms with E-state index in [4.69, 9.17) is 15.2 Å². The van der Waals surface area contributed by atoms with E-state index in [0.29, 0.717) is 6.54 Å². The number of rotatable bonds is 5. The van der Waals surface area contributed by atoms with E-state index in [2.05, 4.69) is 16.5 Å². The molecule has 2 rings (SSSR count). The molecule has 0 spiro atoms. The summed E-state index contributed by atoms with van der Waals surface area (Å²) in [7, 11) is 1.67. The highest BCUT2D eigenvalue weighted by molar-refractivity contribution is 5.30. The first-order valence-electron chi connectivity index (χ1n) is 6.26. The average molecular weight is 251 g/mol. The summed E-state index contributed by atoms with van der Waals surface area (Å²) in [5, 5.41) is 2.17. The predicted octanol–water partition coefficient (Wildman–Crippen LogP) is 0.532. The van der Waals surface area contributed by atoms with Gasteiger partial charge in [-0.15, -0.1) is 0 Å². The first-order chi connectivity index (χ1) is 8.83. The van der Waals surface area contributed by atoms with Gasteiger partial charge in [0.25, 0.3) is 0 Å². The maximum Gasteiger partial charge on any atom is 0.119 e. The van der Waals surface area contributed by atoms with Crippen LogP contribution in [-0.4, -0.2) is 45.0 Å². The minimum atomic E-state index is 0.109. The Morgan fingerprint density at radius 1 is 1.44 bits per heavy atom. The van der Waals surface area contributed by atoms with Crippen molar-refractivity contribution in [3.05, 3.63) is 29.8 Å². The van der Waals surface area contributed by atoms with Gasteiger partial charge >= 0.3 is 0 Å². The Morgan fingerprint density at radius 3 is 2.89 bits per heavy atom. The molecule has 0 bridgehead atoms. The lowest BCUT2D eigenvalue weighted by atomic mass is 10.1. The molecular weight excluding hydrogens is 230 g/mol. The third-order valence-corrected chi connectivity index (χ3v) is 3.08. The fraction of sp³-hybridized carbons (Fsp3) is 0.538. The standard InChI is InChI=1S/C13H21N3O2/c1-17-12-4-2-3-11(9-12)13(10-14)15-16-5-7-18-8-6-16/h2-4,9,13,15H,5-8,10,14H2,1H3. The Kier molecular flexibility index (Phi) is 4.95. The van der Waals surface area contributed by atoms with Gasteiger partial charge in [0.15, 0.2) is 0 Å². The maximum atomic E-state index is 5.85. The van der Waals surface area contributed by atoms with Crippen LogP contribution in [0.2, 0.25) is 0 Å². The van der Waals surface area contributed by atoms with Crippen molar-refractivity contribution in [2.75, 3.05) is 40.0 Å². The third-order valence-electron chi connectivity index (χ3n) is 3.08. The summed E-state index contributed by atoms with van der Waals surface area (Å²) in [6, 6.07) is 8.11. The van der Waals surface area contributed by atoms with Gasteiger partial charge in [0.2, 0.25) is 0 Å². The zero-order valence-electron chi connectivity index (χ0n) is 10.8. The van der Waals surface area contributed by atoms with E-state index < -0.39 is 0 Å². The van der Waals surface area contributed by atoms with Gasteiger partial charge in [0.1, 0.15) is 5.75 Å². The van der Waals surface area contributed by atoms with Gasteiger partial charge in [0, 0.05) is 19.6 Å². The average Bonchev–Trinajstić information content (AvgIpc) is 2.46. The van der Waals surface area contributed by atoms with Gasteiger partial charge in [-0.3, -0.25) is 0 Å². The van der Waals surface area contributed by atoms with E-state index in [1.165, 1.54) is 0 Å². The van der Waals surface area contributed by atoms with Crippen LogP contribution in [-0.2, 0) is 4.74 Å². The van der Waals surface area contributed by atoms with Crippen LogP contribution < -0.4 is 15.9 Å². The second kappa shape index (κ2) is 6.70. The number of methoxy groups -OCH3 is 1. The molecule has 3 N–H and O–H groups in total. The number of benzene rings is 1. The second-order valence-electron chi connectivity index (χ2n) is 4.29. The van der Waals surface area contributed by atoms with Crippen LogP contribution in [0, 0.1) is 0 Å². The number of nitrogens with one attached hydrogen (secondary N) is 1. The van der Waals surface area contributed by atoms with Gasteiger partial charge in [-0.25, -0.2) is 10.4 Å². The summed E-state index contributed by atoms with van der Waals surface area (Å²) in [6.45, 7) is 3.86. The third kappa shape index (κ3) is 3.43. The van der Waals surface area contributed by atoms with Crippen LogP contribution in [0.5, 0.6) is 5.75 Å². The number of morpholine rings is 1. The molecule has 5 nitrogen and oxygen atoms in total. The minimum Gasteiger partial charge on any atom is -0.497 e. The van der Waals surface area contributed by atoms with Crippen molar-refractivity contribution in [3.8, 4) is 5.75 Å². The quantitative estimate of drug-likeness (QED) is 0.799. The van der Waals surface area contributed by atoms with Crippen LogP contribution >= 0.6 is 0 Å². The highest BCUT2D eigenvalue weighted by atomic mass is 16.5.